The number of urea groups is 1. The van der Waals surface area contributed by atoms with Crippen LogP contribution in [-0.4, -0.2) is 41.2 Å². The van der Waals surface area contributed by atoms with E-state index in [2.05, 4.69) is 56.4 Å². The monoisotopic (exact) mass is 522 g/mol. The number of aromatic nitrogens is 2. The van der Waals surface area contributed by atoms with Crippen molar-refractivity contribution in [2.45, 2.75) is 76.3 Å². The highest BCUT2D eigenvalue weighted by Crippen LogP contribution is 2.46. The molecule has 2 amide bonds. The highest BCUT2D eigenvalue weighted by Gasteiger charge is 2.31. The van der Waals surface area contributed by atoms with Crippen molar-refractivity contribution in [1.82, 2.24) is 20.6 Å². The molecule has 1 aromatic heterocycles. The van der Waals surface area contributed by atoms with Crippen LogP contribution >= 0.6 is 0 Å². The molecule has 4 rings (SSSR count). The molecule has 2 aliphatic rings. The predicted molar refractivity (Wildman–Crippen MR) is 143 cm³/mol. The van der Waals surface area contributed by atoms with Crippen molar-refractivity contribution in [2.75, 3.05) is 29.2 Å². The smallest absolute Gasteiger partial charge is 0.343 e. The van der Waals surface area contributed by atoms with Gasteiger partial charge in [0.15, 0.2) is 0 Å². The Morgan fingerprint density at radius 3 is 2.76 bits per heavy atom. The summed E-state index contributed by atoms with van der Waals surface area (Å²) in [5.74, 6) is 0.0545. The van der Waals surface area contributed by atoms with Crippen LogP contribution in [0.4, 0.5) is 32.3 Å². The summed E-state index contributed by atoms with van der Waals surface area (Å²) in [6.45, 7) is 5.31. The third kappa shape index (κ3) is 6.52. The molecule has 0 bridgehead atoms. The van der Waals surface area contributed by atoms with Crippen LogP contribution in [0.15, 0.2) is 23.6 Å². The largest absolute Gasteiger partial charge is 0.366 e. The van der Waals surface area contributed by atoms with Gasteiger partial charge in [-0.1, -0.05) is 18.1 Å². The molecule has 0 radical (unpaired) electrons. The Bertz CT molecular complexity index is 1220. The average molecular weight is 523 g/mol. The molecule has 1 aliphatic heterocycles. The number of nitriles is 1. The van der Waals surface area contributed by atoms with Crippen molar-refractivity contribution in [1.29, 1.82) is 10.8 Å². The highest BCUT2D eigenvalue weighted by molar-refractivity contribution is 5.92. The first-order valence-corrected chi connectivity index (χ1v) is 13.0. The van der Waals surface area contributed by atoms with Gasteiger partial charge in [0.25, 0.3) is 0 Å². The minimum absolute atomic E-state index is 0.0328. The normalized spacial score (nSPS) is 19.2. The molecule has 11 nitrogen and oxygen atoms in total. The molecule has 2 aromatic rings. The first-order valence-electron chi connectivity index (χ1n) is 13.0. The van der Waals surface area contributed by atoms with Crippen LogP contribution in [0.5, 0.6) is 0 Å². The van der Waals surface area contributed by atoms with Gasteiger partial charge in [0.1, 0.15) is 23.3 Å². The van der Waals surface area contributed by atoms with Crippen molar-refractivity contribution in [3.05, 3.63) is 35.3 Å². The quantitative estimate of drug-likeness (QED) is 0.244. The zero-order valence-corrected chi connectivity index (χ0v) is 22.1. The van der Waals surface area contributed by atoms with Gasteiger partial charge in [-0.2, -0.15) is 20.8 Å². The number of hydrogen-bond acceptors (Lipinski definition) is 9. The van der Waals surface area contributed by atoms with E-state index in [4.69, 9.17) is 5.53 Å². The number of hydrogen-bond donors (Lipinski definition) is 5. The number of carbonyl (C=O) groups is 1. The number of benzene rings is 1. The second-order valence-electron chi connectivity index (χ2n) is 10.5. The van der Waals surface area contributed by atoms with E-state index in [9.17, 15) is 10.1 Å². The molecule has 2 heterocycles. The molecule has 0 spiro atoms. The number of anilines is 4. The molecule has 1 saturated heterocycles. The zero-order chi connectivity index (χ0) is 27.3. The summed E-state index contributed by atoms with van der Waals surface area (Å²) in [4.78, 5) is 21.1. The maximum Gasteiger partial charge on any atom is 0.343 e. The molecule has 2 fully saturated rings. The number of carbonyl (C=O) groups excluding carboxylic acids is 1. The van der Waals surface area contributed by atoms with Crippen LogP contribution in [0.25, 0.3) is 0 Å². The lowest BCUT2D eigenvalue weighted by Gasteiger charge is -2.31. The highest BCUT2D eigenvalue weighted by atomic mass is 19.1. The Morgan fingerprint density at radius 2 is 2.08 bits per heavy atom. The van der Waals surface area contributed by atoms with Crippen LogP contribution in [0.2, 0.25) is 0 Å². The minimum Gasteiger partial charge on any atom is -0.366 e. The molecule has 1 unspecified atom stereocenters. The summed E-state index contributed by atoms with van der Waals surface area (Å²) < 4.78 is 15.2. The summed E-state index contributed by atoms with van der Waals surface area (Å²) >= 11 is 0. The van der Waals surface area contributed by atoms with Crippen molar-refractivity contribution >= 4 is 29.2 Å². The fourth-order valence-electron chi connectivity index (χ4n) is 4.87. The summed E-state index contributed by atoms with van der Waals surface area (Å²) in [6.07, 6.45) is 8.26. The zero-order valence-electron chi connectivity index (χ0n) is 22.1. The fraction of sp³-hybridized carbons (Fsp3) is 0.538. The van der Waals surface area contributed by atoms with Gasteiger partial charge in [-0.15, -0.1) is 0 Å². The summed E-state index contributed by atoms with van der Waals surface area (Å²) in [5, 5.41) is 26.3. The molecule has 1 aromatic carbocycles. The predicted octanol–water partition coefficient (Wildman–Crippen LogP) is 5.31. The molecule has 12 heteroatoms. The van der Waals surface area contributed by atoms with E-state index in [1.54, 1.807) is 0 Å². The van der Waals surface area contributed by atoms with Gasteiger partial charge in [-0.05, 0) is 76.1 Å². The maximum atomic E-state index is 15.2. The molecule has 5 N–H and O–H groups in total. The Hall–Kier alpha value is -3.85. The summed E-state index contributed by atoms with van der Waals surface area (Å²) in [7, 11) is 1.44. The van der Waals surface area contributed by atoms with Gasteiger partial charge in [0, 0.05) is 18.6 Å². The second-order valence-corrected chi connectivity index (χ2v) is 10.5. The van der Waals surface area contributed by atoms with Gasteiger partial charge in [-0.3, -0.25) is 0 Å². The van der Waals surface area contributed by atoms with Crippen molar-refractivity contribution < 1.29 is 9.18 Å². The molecule has 1 atom stereocenters. The molecule has 38 heavy (non-hydrogen) atoms. The van der Waals surface area contributed by atoms with E-state index >= 15 is 4.39 Å². The summed E-state index contributed by atoms with van der Waals surface area (Å²) in [6, 6.07) is 4.43. The average Bonchev–Trinajstić information content (AvgIpc) is 3.72. The van der Waals surface area contributed by atoms with Crippen LogP contribution in [-0.2, 0) is 0 Å². The van der Waals surface area contributed by atoms with Gasteiger partial charge < -0.3 is 21.3 Å². The maximum absolute atomic E-state index is 15.2. The van der Waals surface area contributed by atoms with E-state index in [0.29, 0.717) is 22.6 Å². The summed E-state index contributed by atoms with van der Waals surface area (Å²) in [5.41, 5.74) is 8.70. The van der Waals surface area contributed by atoms with Gasteiger partial charge in [-0.25, -0.2) is 14.2 Å². The third-order valence-corrected chi connectivity index (χ3v) is 6.95. The van der Waals surface area contributed by atoms with Crippen molar-refractivity contribution in [3.63, 3.8) is 0 Å². The van der Waals surface area contributed by atoms with Crippen LogP contribution in [0, 0.1) is 22.7 Å². The molecular weight excluding hydrogens is 487 g/mol. The minimum atomic E-state index is -0.604. The number of rotatable bonds is 7. The van der Waals surface area contributed by atoms with E-state index in [1.165, 1.54) is 25.4 Å². The van der Waals surface area contributed by atoms with E-state index in [0.717, 1.165) is 56.5 Å². The lowest BCUT2D eigenvalue weighted by atomic mass is 9.93. The number of nitrogens with one attached hydrogen (secondary N) is 5. The third-order valence-electron chi connectivity index (χ3n) is 6.95. The standard InChI is InChI=1S/C26H35FN10O/c1-26(2)13-18(7-5-4-6-10-32-26)33-23-17(14-28)15-31-24(35-23)34-21-12-22(37(36-29)25(38)30-3)19(11-20(21)27)16-8-9-16/h11-12,15-16,18,29,32H,4-10,13H2,1-3H3,(H,30,38)(H2,31,33,34,35). The second kappa shape index (κ2) is 11.7. The first-order chi connectivity index (χ1) is 18.2. The SMILES string of the molecule is CNC(=O)N(N=N)c1cc(Nc2ncc(C#N)c(NC3CCCCCNC(C)(C)C3)n2)c(F)cc1C1CC1. The van der Waals surface area contributed by atoms with E-state index in [-0.39, 0.29) is 29.1 Å². The van der Waals surface area contributed by atoms with Crippen LogP contribution in [0.1, 0.15) is 75.8 Å². The number of halogens is 1. The first kappa shape index (κ1) is 27.2. The molecule has 1 saturated carbocycles. The molecule has 202 valence electrons. The van der Waals surface area contributed by atoms with E-state index < -0.39 is 11.8 Å². The lowest BCUT2D eigenvalue weighted by Crippen LogP contribution is -2.43. The topological polar surface area (TPSA) is 154 Å². The fourth-order valence-corrected chi connectivity index (χ4v) is 4.87. The van der Waals surface area contributed by atoms with Gasteiger partial charge in [0.05, 0.1) is 17.6 Å². The Kier molecular flexibility index (Phi) is 8.36. The lowest BCUT2D eigenvalue weighted by molar-refractivity contribution is 0.248. The van der Waals surface area contributed by atoms with Crippen LogP contribution < -0.4 is 26.3 Å². The Labute approximate surface area is 222 Å². The molecule has 1 aliphatic carbocycles. The van der Waals surface area contributed by atoms with Crippen LogP contribution in [0.3, 0.4) is 0 Å². The van der Waals surface area contributed by atoms with Crippen molar-refractivity contribution in [3.8, 4) is 6.07 Å². The Balaban J connectivity index is 1.63. The van der Waals surface area contributed by atoms with Crippen molar-refractivity contribution in [2.24, 2.45) is 5.22 Å². The van der Waals surface area contributed by atoms with Gasteiger partial charge in [0.2, 0.25) is 5.95 Å². The number of nitrogens with zero attached hydrogens (tertiary/aromatic N) is 5. The van der Waals surface area contributed by atoms with E-state index in [1.807, 2.05) is 0 Å². The molecular formula is C26H35FN10O. The Morgan fingerprint density at radius 1 is 1.29 bits per heavy atom. The number of amides is 2. The van der Waals surface area contributed by atoms with Gasteiger partial charge >= 0.3 is 6.03 Å².